The van der Waals surface area contributed by atoms with Crippen molar-refractivity contribution in [3.05, 3.63) is 24.2 Å². The summed E-state index contributed by atoms with van der Waals surface area (Å²) in [5, 5.41) is 0. The molecule has 0 radical (unpaired) electrons. The summed E-state index contributed by atoms with van der Waals surface area (Å²) < 4.78 is 4.92. The summed E-state index contributed by atoms with van der Waals surface area (Å²) >= 11 is 0. The molecule has 15 heavy (non-hydrogen) atoms. The molecule has 0 bridgehead atoms. The van der Waals surface area contributed by atoms with E-state index in [1.807, 2.05) is 0 Å². The standard InChI is InChI=1S/C12H17NO2/c1-9-3-2-5-12(13,7-9)11(14)10-4-6-15-8-10/h4,6,8-9H,2-3,5,7,13H2,1H3. The first-order valence-corrected chi connectivity index (χ1v) is 5.48. The van der Waals surface area contributed by atoms with Crippen LogP contribution in [0.3, 0.4) is 0 Å². The normalized spacial score (nSPS) is 31.5. The molecular formula is C12H17NO2. The molecule has 2 N–H and O–H groups in total. The van der Waals surface area contributed by atoms with Crippen molar-refractivity contribution in [1.82, 2.24) is 0 Å². The highest BCUT2D eigenvalue weighted by Crippen LogP contribution is 2.32. The minimum atomic E-state index is -0.665. The second-order valence-electron chi connectivity index (χ2n) is 4.70. The second kappa shape index (κ2) is 3.81. The molecule has 2 atom stereocenters. The molecular weight excluding hydrogens is 190 g/mol. The highest BCUT2D eigenvalue weighted by Gasteiger charge is 2.38. The highest BCUT2D eigenvalue weighted by atomic mass is 16.3. The van der Waals surface area contributed by atoms with Gasteiger partial charge in [-0.05, 0) is 24.8 Å². The summed E-state index contributed by atoms with van der Waals surface area (Å²) in [5.74, 6) is 0.572. The Balaban J connectivity index is 2.18. The van der Waals surface area contributed by atoms with Crippen molar-refractivity contribution in [2.45, 2.75) is 38.1 Å². The van der Waals surface area contributed by atoms with E-state index in [0.717, 1.165) is 19.3 Å². The van der Waals surface area contributed by atoms with Gasteiger partial charge in [0.25, 0.3) is 0 Å². The Bertz CT molecular complexity index is 345. The Morgan fingerprint density at radius 2 is 2.47 bits per heavy atom. The fourth-order valence-electron chi connectivity index (χ4n) is 2.48. The Hall–Kier alpha value is -1.09. The highest BCUT2D eigenvalue weighted by molar-refractivity contribution is 6.02. The first-order chi connectivity index (χ1) is 7.12. The van der Waals surface area contributed by atoms with Crippen LogP contribution in [0.5, 0.6) is 0 Å². The van der Waals surface area contributed by atoms with Gasteiger partial charge in [0.05, 0.1) is 17.4 Å². The average Bonchev–Trinajstić information content (AvgIpc) is 2.68. The van der Waals surface area contributed by atoms with Crippen molar-refractivity contribution in [3.8, 4) is 0 Å². The van der Waals surface area contributed by atoms with E-state index in [-0.39, 0.29) is 5.78 Å². The van der Waals surface area contributed by atoms with E-state index in [1.54, 1.807) is 6.07 Å². The molecule has 2 rings (SSSR count). The monoisotopic (exact) mass is 207 g/mol. The zero-order chi connectivity index (χ0) is 10.9. The van der Waals surface area contributed by atoms with Crippen LogP contribution in [0.25, 0.3) is 0 Å². The number of carbonyl (C=O) groups excluding carboxylic acids is 1. The van der Waals surface area contributed by atoms with Crippen LogP contribution in [-0.4, -0.2) is 11.3 Å². The fraction of sp³-hybridized carbons (Fsp3) is 0.583. The molecule has 1 heterocycles. The molecule has 82 valence electrons. The van der Waals surface area contributed by atoms with Crippen LogP contribution in [0.1, 0.15) is 43.0 Å². The lowest BCUT2D eigenvalue weighted by Crippen LogP contribution is -2.50. The lowest BCUT2D eigenvalue weighted by molar-refractivity contribution is 0.0819. The summed E-state index contributed by atoms with van der Waals surface area (Å²) in [4.78, 5) is 12.1. The Morgan fingerprint density at radius 1 is 1.67 bits per heavy atom. The van der Waals surface area contributed by atoms with Gasteiger partial charge in [-0.1, -0.05) is 19.8 Å². The molecule has 1 aromatic heterocycles. The maximum absolute atomic E-state index is 12.1. The van der Waals surface area contributed by atoms with Crippen LogP contribution in [0.2, 0.25) is 0 Å². The Morgan fingerprint density at radius 3 is 3.07 bits per heavy atom. The number of carbonyl (C=O) groups is 1. The van der Waals surface area contributed by atoms with Crippen LogP contribution < -0.4 is 5.73 Å². The lowest BCUT2D eigenvalue weighted by Gasteiger charge is -2.35. The molecule has 1 aliphatic rings. The predicted molar refractivity (Wildman–Crippen MR) is 57.6 cm³/mol. The third-order valence-corrected chi connectivity index (χ3v) is 3.27. The predicted octanol–water partition coefficient (Wildman–Crippen LogP) is 2.37. The number of ketones is 1. The summed E-state index contributed by atoms with van der Waals surface area (Å²) in [6, 6.07) is 1.69. The van der Waals surface area contributed by atoms with E-state index in [4.69, 9.17) is 10.2 Å². The molecule has 0 aromatic carbocycles. The molecule has 1 fully saturated rings. The molecule has 2 unspecified atom stereocenters. The van der Waals surface area contributed by atoms with Crippen molar-refractivity contribution >= 4 is 5.78 Å². The van der Waals surface area contributed by atoms with Gasteiger partial charge in [-0.2, -0.15) is 0 Å². The summed E-state index contributed by atoms with van der Waals surface area (Å²) in [6.45, 7) is 2.16. The van der Waals surface area contributed by atoms with Crippen molar-refractivity contribution in [2.75, 3.05) is 0 Å². The smallest absolute Gasteiger partial charge is 0.185 e. The maximum Gasteiger partial charge on any atom is 0.185 e. The molecule has 1 aromatic rings. The van der Waals surface area contributed by atoms with Crippen LogP contribution in [0.4, 0.5) is 0 Å². The largest absolute Gasteiger partial charge is 0.472 e. The zero-order valence-corrected chi connectivity index (χ0v) is 9.03. The van der Waals surface area contributed by atoms with Crippen LogP contribution in [0.15, 0.2) is 23.0 Å². The quantitative estimate of drug-likeness (QED) is 0.757. The first-order valence-electron chi connectivity index (χ1n) is 5.48. The fourth-order valence-corrected chi connectivity index (χ4v) is 2.48. The van der Waals surface area contributed by atoms with Crippen LogP contribution >= 0.6 is 0 Å². The van der Waals surface area contributed by atoms with Crippen molar-refractivity contribution in [2.24, 2.45) is 11.7 Å². The zero-order valence-electron chi connectivity index (χ0n) is 9.03. The van der Waals surface area contributed by atoms with Crippen LogP contribution in [0, 0.1) is 5.92 Å². The third kappa shape index (κ3) is 1.97. The molecule has 1 aliphatic carbocycles. The third-order valence-electron chi connectivity index (χ3n) is 3.27. The molecule has 0 amide bonds. The number of rotatable bonds is 2. The lowest BCUT2D eigenvalue weighted by atomic mass is 9.73. The number of hydrogen-bond donors (Lipinski definition) is 1. The van der Waals surface area contributed by atoms with Gasteiger partial charge in [0.15, 0.2) is 5.78 Å². The number of hydrogen-bond acceptors (Lipinski definition) is 3. The molecule has 3 heteroatoms. The first kappa shape index (κ1) is 10.4. The van der Waals surface area contributed by atoms with E-state index in [0.29, 0.717) is 11.5 Å². The van der Waals surface area contributed by atoms with Crippen molar-refractivity contribution < 1.29 is 9.21 Å². The van der Waals surface area contributed by atoms with E-state index in [2.05, 4.69) is 6.92 Å². The second-order valence-corrected chi connectivity index (χ2v) is 4.70. The van der Waals surface area contributed by atoms with Gasteiger partial charge in [-0.25, -0.2) is 0 Å². The topological polar surface area (TPSA) is 56.2 Å². The minimum absolute atomic E-state index is 0.0304. The molecule has 0 spiro atoms. The summed E-state index contributed by atoms with van der Waals surface area (Å²) in [5.41, 5.74) is 6.13. The van der Waals surface area contributed by atoms with Gasteiger partial charge in [0, 0.05) is 0 Å². The van der Waals surface area contributed by atoms with E-state index in [9.17, 15) is 4.79 Å². The average molecular weight is 207 g/mol. The van der Waals surface area contributed by atoms with Gasteiger partial charge >= 0.3 is 0 Å². The van der Waals surface area contributed by atoms with Gasteiger partial charge in [-0.15, -0.1) is 0 Å². The van der Waals surface area contributed by atoms with E-state index < -0.39 is 5.54 Å². The van der Waals surface area contributed by atoms with Gasteiger partial charge in [-0.3, -0.25) is 4.79 Å². The van der Waals surface area contributed by atoms with E-state index in [1.165, 1.54) is 18.9 Å². The Labute approximate surface area is 89.6 Å². The minimum Gasteiger partial charge on any atom is -0.472 e. The van der Waals surface area contributed by atoms with Crippen molar-refractivity contribution in [3.63, 3.8) is 0 Å². The van der Waals surface area contributed by atoms with Gasteiger partial charge in [0.2, 0.25) is 0 Å². The van der Waals surface area contributed by atoms with Gasteiger partial charge < -0.3 is 10.2 Å². The van der Waals surface area contributed by atoms with E-state index >= 15 is 0 Å². The number of nitrogens with two attached hydrogens (primary N) is 1. The number of Topliss-reactive ketones (excluding diaryl/α,β-unsaturated/α-hetero) is 1. The summed E-state index contributed by atoms with van der Waals surface area (Å²) in [7, 11) is 0. The van der Waals surface area contributed by atoms with Crippen molar-refractivity contribution in [1.29, 1.82) is 0 Å². The Kier molecular flexibility index (Phi) is 2.65. The molecule has 0 aliphatic heterocycles. The van der Waals surface area contributed by atoms with Gasteiger partial charge in [0.1, 0.15) is 6.26 Å². The molecule has 0 saturated heterocycles. The SMILES string of the molecule is CC1CCCC(N)(C(=O)c2ccoc2)C1. The maximum atomic E-state index is 12.1. The van der Waals surface area contributed by atoms with Crippen LogP contribution in [-0.2, 0) is 0 Å². The number of furan rings is 1. The molecule has 3 nitrogen and oxygen atoms in total. The molecule has 1 saturated carbocycles. The summed E-state index contributed by atoms with van der Waals surface area (Å²) in [6.07, 6.45) is 6.80.